The van der Waals surface area contributed by atoms with Crippen LogP contribution in [0.2, 0.25) is 0 Å². The van der Waals surface area contributed by atoms with Crippen LogP contribution in [0.5, 0.6) is 0 Å². The van der Waals surface area contributed by atoms with E-state index in [9.17, 15) is 0 Å². The summed E-state index contributed by atoms with van der Waals surface area (Å²) in [6.45, 7) is 0. The fourth-order valence-electron chi connectivity index (χ4n) is 7.01. The van der Waals surface area contributed by atoms with Gasteiger partial charge >= 0.3 is 0 Å². The Hall–Kier alpha value is -6.44. The molecule has 0 amide bonds. The number of benzene rings is 8. The smallest absolute Gasteiger partial charge is 0.0408 e. The van der Waals surface area contributed by atoms with Crippen molar-refractivity contribution in [2.24, 2.45) is 0 Å². The third kappa shape index (κ3) is 6.14. The molecule has 0 aliphatic heterocycles. The molecule has 8 aromatic carbocycles. The summed E-state index contributed by atoms with van der Waals surface area (Å²) in [7, 11) is 2.14. The van der Waals surface area contributed by atoms with Crippen molar-refractivity contribution in [3.8, 4) is 66.8 Å². The zero-order valence-corrected chi connectivity index (χ0v) is 28.1. The Labute approximate surface area is 295 Å². The van der Waals surface area contributed by atoms with Gasteiger partial charge in [-0.25, -0.2) is 0 Å². The van der Waals surface area contributed by atoms with Gasteiger partial charge in [-0.3, -0.25) is 0 Å². The monoisotopic (exact) mass is 639 g/mol. The van der Waals surface area contributed by atoms with Gasteiger partial charge in [-0.15, -0.1) is 0 Å². The summed E-state index contributed by atoms with van der Waals surface area (Å²) in [5.74, 6) is 0. The topological polar surface area (TPSA) is 3.24 Å². The van der Waals surface area contributed by atoms with Crippen LogP contribution in [0.3, 0.4) is 0 Å². The van der Waals surface area contributed by atoms with Crippen molar-refractivity contribution in [2.45, 2.75) is 0 Å². The van der Waals surface area contributed by atoms with Gasteiger partial charge in [0.2, 0.25) is 0 Å². The molecule has 0 saturated heterocycles. The Morgan fingerprint density at radius 2 is 0.500 bits per heavy atom. The summed E-state index contributed by atoms with van der Waals surface area (Å²) in [5.41, 5.74) is 16.9. The van der Waals surface area contributed by atoms with Crippen LogP contribution in [0.15, 0.2) is 206 Å². The highest BCUT2D eigenvalue weighted by Gasteiger charge is 2.17. The van der Waals surface area contributed by atoms with Gasteiger partial charge in [-0.05, 0) is 91.0 Å². The van der Waals surface area contributed by atoms with Crippen molar-refractivity contribution in [3.63, 3.8) is 0 Å². The highest BCUT2D eigenvalue weighted by molar-refractivity contribution is 5.96. The van der Waals surface area contributed by atoms with E-state index in [-0.39, 0.29) is 0 Å². The van der Waals surface area contributed by atoms with Gasteiger partial charge in [0.1, 0.15) is 0 Å². The molecular formula is C49H37N. The van der Waals surface area contributed by atoms with E-state index in [1.54, 1.807) is 0 Å². The van der Waals surface area contributed by atoms with Crippen molar-refractivity contribution < 1.29 is 0 Å². The summed E-state index contributed by atoms with van der Waals surface area (Å²) < 4.78 is 0. The van der Waals surface area contributed by atoms with Gasteiger partial charge < -0.3 is 4.90 Å². The molecule has 0 aliphatic rings. The summed E-state index contributed by atoms with van der Waals surface area (Å²) in [6.07, 6.45) is 0. The molecule has 8 aromatic rings. The maximum Gasteiger partial charge on any atom is 0.0408 e. The SMILES string of the molecule is CN(c1ccc(-c2c(-c3ccccc3)cccc2-c2ccccc2)cc1)c1ccc(-c2c(-c3ccccc3)cccc2-c2ccccc2)cc1. The molecule has 0 N–H and O–H groups in total. The molecule has 0 saturated carbocycles. The molecule has 0 fully saturated rings. The highest BCUT2D eigenvalue weighted by atomic mass is 15.1. The third-order valence-corrected chi connectivity index (χ3v) is 9.55. The first-order valence-corrected chi connectivity index (χ1v) is 17.2. The molecule has 0 spiro atoms. The number of hydrogen-bond donors (Lipinski definition) is 0. The molecule has 0 unspecified atom stereocenters. The fraction of sp³-hybridized carbons (Fsp3) is 0.0204. The number of hydrogen-bond acceptors (Lipinski definition) is 1. The number of anilines is 2. The highest BCUT2D eigenvalue weighted by Crippen LogP contribution is 2.42. The Morgan fingerprint density at radius 3 is 0.760 bits per heavy atom. The van der Waals surface area contributed by atoms with Crippen LogP contribution in [-0.4, -0.2) is 7.05 Å². The largest absolute Gasteiger partial charge is 0.345 e. The summed E-state index contributed by atoms with van der Waals surface area (Å²) in [5, 5.41) is 0. The molecular weight excluding hydrogens is 603 g/mol. The Balaban J connectivity index is 1.15. The molecule has 0 atom stereocenters. The van der Waals surface area contributed by atoms with E-state index < -0.39 is 0 Å². The molecule has 8 rings (SSSR count). The molecule has 0 aromatic heterocycles. The van der Waals surface area contributed by atoms with Crippen LogP contribution in [0.4, 0.5) is 11.4 Å². The van der Waals surface area contributed by atoms with E-state index in [1.165, 1.54) is 66.8 Å². The molecule has 50 heavy (non-hydrogen) atoms. The third-order valence-electron chi connectivity index (χ3n) is 9.55. The maximum atomic E-state index is 2.26. The van der Waals surface area contributed by atoms with E-state index in [0.717, 1.165) is 11.4 Å². The quantitative estimate of drug-likeness (QED) is 0.160. The second-order valence-corrected chi connectivity index (χ2v) is 12.6. The lowest BCUT2D eigenvalue weighted by Gasteiger charge is -2.22. The zero-order chi connectivity index (χ0) is 33.7. The van der Waals surface area contributed by atoms with Crippen LogP contribution in [0, 0.1) is 0 Å². The standard InChI is InChI=1S/C49H37N/c1-50(42-32-28-40(29-33-42)48-44(36-16-6-2-7-17-36)24-14-25-45(48)37-18-8-3-9-19-37)43-34-30-41(31-35-43)49-46(38-20-10-4-11-21-38)26-15-27-47(49)39-22-12-5-13-23-39/h2-35H,1H3. The zero-order valence-electron chi connectivity index (χ0n) is 28.1. The molecule has 0 heterocycles. The minimum absolute atomic E-state index is 1.13. The summed E-state index contributed by atoms with van der Waals surface area (Å²) in [4.78, 5) is 2.26. The maximum absolute atomic E-state index is 2.26. The lowest BCUT2D eigenvalue weighted by Crippen LogP contribution is -2.09. The van der Waals surface area contributed by atoms with Crippen LogP contribution in [0.25, 0.3) is 66.8 Å². The van der Waals surface area contributed by atoms with Gasteiger partial charge in [0.15, 0.2) is 0 Å². The van der Waals surface area contributed by atoms with Crippen molar-refractivity contribution >= 4 is 11.4 Å². The number of nitrogens with zero attached hydrogens (tertiary/aromatic N) is 1. The van der Waals surface area contributed by atoms with Crippen molar-refractivity contribution in [1.82, 2.24) is 0 Å². The second-order valence-electron chi connectivity index (χ2n) is 12.6. The van der Waals surface area contributed by atoms with E-state index in [0.29, 0.717) is 0 Å². The lowest BCUT2D eigenvalue weighted by molar-refractivity contribution is 1.21. The average Bonchev–Trinajstić information content (AvgIpc) is 3.21. The predicted molar refractivity (Wildman–Crippen MR) is 214 cm³/mol. The van der Waals surface area contributed by atoms with E-state index >= 15 is 0 Å². The molecule has 0 aliphatic carbocycles. The van der Waals surface area contributed by atoms with Gasteiger partial charge in [0.25, 0.3) is 0 Å². The first-order chi connectivity index (χ1) is 24.7. The van der Waals surface area contributed by atoms with Crippen molar-refractivity contribution in [1.29, 1.82) is 0 Å². The van der Waals surface area contributed by atoms with E-state index in [4.69, 9.17) is 0 Å². The fourth-order valence-corrected chi connectivity index (χ4v) is 7.01. The van der Waals surface area contributed by atoms with Crippen LogP contribution < -0.4 is 4.90 Å². The Kier molecular flexibility index (Phi) is 8.62. The number of rotatable bonds is 8. The minimum Gasteiger partial charge on any atom is -0.345 e. The normalized spacial score (nSPS) is 10.9. The van der Waals surface area contributed by atoms with Gasteiger partial charge in [0.05, 0.1) is 0 Å². The van der Waals surface area contributed by atoms with E-state index in [1.807, 2.05) is 0 Å². The molecule has 238 valence electrons. The molecule has 0 radical (unpaired) electrons. The summed E-state index contributed by atoms with van der Waals surface area (Å²) in [6, 6.07) is 74.0. The lowest BCUT2D eigenvalue weighted by atomic mass is 9.87. The van der Waals surface area contributed by atoms with Crippen LogP contribution in [-0.2, 0) is 0 Å². The predicted octanol–water partition coefficient (Wildman–Crippen LogP) is 13.5. The van der Waals surface area contributed by atoms with Crippen LogP contribution >= 0.6 is 0 Å². The summed E-state index contributed by atoms with van der Waals surface area (Å²) >= 11 is 0. The Bertz CT molecular complexity index is 2040. The van der Waals surface area contributed by atoms with Gasteiger partial charge in [-0.1, -0.05) is 182 Å². The van der Waals surface area contributed by atoms with Crippen molar-refractivity contribution in [3.05, 3.63) is 206 Å². The first-order valence-electron chi connectivity index (χ1n) is 17.2. The average molecular weight is 640 g/mol. The second kappa shape index (κ2) is 14.0. The minimum atomic E-state index is 1.13. The van der Waals surface area contributed by atoms with Gasteiger partial charge in [0, 0.05) is 18.4 Å². The molecule has 1 nitrogen and oxygen atoms in total. The van der Waals surface area contributed by atoms with Crippen molar-refractivity contribution in [2.75, 3.05) is 11.9 Å². The molecule has 0 bridgehead atoms. The Morgan fingerprint density at radius 1 is 0.240 bits per heavy atom. The van der Waals surface area contributed by atoms with E-state index in [2.05, 4.69) is 218 Å². The molecule has 1 heteroatoms. The van der Waals surface area contributed by atoms with Crippen LogP contribution in [0.1, 0.15) is 0 Å². The van der Waals surface area contributed by atoms with Gasteiger partial charge in [-0.2, -0.15) is 0 Å². The first kappa shape index (κ1) is 30.9.